The topological polar surface area (TPSA) is 0 Å². The normalized spacial score (nSPS) is 19.0. The lowest BCUT2D eigenvalue weighted by Gasteiger charge is -2.45. The first-order valence-electron chi connectivity index (χ1n) is 10.4. The van der Waals surface area contributed by atoms with E-state index in [9.17, 15) is 0 Å². The van der Waals surface area contributed by atoms with Crippen LogP contribution in [0.5, 0.6) is 0 Å². The van der Waals surface area contributed by atoms with E-state index in [2.05, 4.69) is 92.1 Å². The van der Waals surface area contributed by atoms with E-state index in [1.54, 1.807) is 5.57 Å². The molecule has 0 saturated carbocycles. The molecule has 3 unspecified atom stereocenters. The number of hydrogen-bond donors (Lipinski definition) is 0. The Hall–Kier alpha value is 0.340. The van der Waals surface area contributed by atoms with Crippen LogP contribution >= 0.6 is 18.5 Å². The van der Waals surface area contributed by atoms with Crippen LogP contribution in [0.2, 0.25) is 0 Å². The lowest BCUT2D eigenvalue weighted by molar-refractivity contribution is 0.313. The second-order valence-electron chi connectivity index (χ2n) is 10.3. The summed E-state index contributed by atoms with van der Waals surface area (Å²) in [5.41, 5.74) is 1.66. The van der Waals surface area contributed by atoms with E-state index in [-0.39, 0.29) is 10.3 Å². The maximum Gasteiger partial charge on any atom is 0.00830 e. The Kier molecular flexibility index (Phi) is 8.89. The third-order valence-corrected chi connectivity index (χ3v) is 6.87. The Labute approximate surface area is 163 Å². The predicted molar refractivity (Wildman–Crippen MR) is 123 cm³/mol. The molecule has 0 aromatic carbocycles. The van der Waals surface area contributed by atoms with Gasteiger partial charge in [-0.15, -0.1) is 18.5 Å². The molecule has 3 atom stereocenters. The second-order valence-corrected chi connectivity index (χ2v) is 12.5. The van der Waals surface area contributed by atoms with Crippen molar-refractivity contribution in [2.45, 2.75) is 91.4 Å². The van der Waals surface area contributed by atoms with E-state index >= 15 is 0 Å². The van der Waals surface area contributed by atoms with Crippen LogP contribution in [0.25, 0.3) is 0 Å². The first-order chi connectivity index (χ1) is 11.4. The van der Waals surface area contributed by atoms with Gasteiger partial charge in [-0.25, -0.2) is 0 Å². The summed E-state index contributed by atoms with van der Waals surface area (Å²) in [6, 6.07) is 0. The average Bonchev–Trinajstić information content (AvgIpc) is 2.84. The molecule has 0 spiro atoms. The van der Waals surface area contributed by atoms with Gasteiger partial charge in [0.15, 0.2) is 0 Å². The largest absolute Gasteiger partial charge is 0.130 e. The van der Waals surface area contributed by atoms with Crippen molar-refractivity contribution >= 4 is 18.5 Å². The average molecular weight is 383 g/mol. The number of allylic oxidation sites excluding steroid dienone is 4. The van der Waals surface area contributed by atoms with Crippen molar-refractivity contribution in [3.63, 3.8) is 0 Å². The van der Waals surface area contributed by atoms with Gasteiger partial charge in [0.05, 0.1) is 0 Å². The highest BCUT2D eigenvalue weighted by Crippen LogP contribution is 2.53. The van der Waals surface area contributed by atoms with Gasteiger partial charge in [0.25, 0.3) is 0 Å². The monoisotopic (exact) mass is 382 g/mol. The SMILES string of the molecule is CC(C)CC(P)(CC(C)C)C1=CC=CC1C(P)(CC(C)C)CC(C)C. The highest BCUT2D eigenvalue weighted by Gasteiger charge is 2.43. The Morgan fingerprint density at radius 2 is 1.16 bits per heavy atom. The van der Waals surface area contributed by atoms with E-state index < -0.39 is 0 Å². The molecule has 25 heavy (non-hydrogen) atoms. The Bertz CT molecular complexity index is 448. The smallest absolute Gasteiger partial charge is 0.00830 e. The van der Waals surface area contributed by atoms with Crippen LogP contribution in [0.3, 0.4) is 0 Å². The molecular formula is C23H44P2. The third-order valence-electron chi connectivity index (χ3n) is 5.23. The Balaban J connectivity index is 3.24. The van der Waals surface area contributed by atoms with Crippen molar-refractivity contribution in [3.8, 4) is 0 Å². The summed E-state index contributed by atoms with van der Waals surface area (Å²) in [5, 5.41) is 0.503. The van der Waals surface area contributed by atoms with Gasteiger partial charge in [0.1, 0.15) is 0 Å². The highest BCUT2D eigenvalue weighted by atomic mass is 31.0. The molecule has 0 N–H and O–H groups in total. The quantitative estimate of drug-likeness (QED) is 0.343. The van der Waals surface area contributed by atoms with Crippen LogP contribution in [0, 0.1) is 29.6 Å². The molecule has 0 saturated heterocycles. The number of rotatable bonds is 10. The van der Waals surface area contributed by atoms with E-state index in [1.165, 1.54) is 25.7 Å². The molecule has 0 fully saturated rings. The van der Waals surface area contributed by atoms with Gasteiger partial charge in [0, 0.05) is 11.1 Å². The first kappa shape index (κ1) is 23.4. The summed E-state index contributed by atoms with van der Waals surface area (Å²) in [4.78, 5) is 0. The van der Waals surface area contributed by atoms with E-state index in [0.717, 1.165) is 11.8 Å². The molecule has 0 heterocycles. The van der Waals surface area contributed by atoms with Gasteiger partial charge in [-0.05, 0) is 54.5 Å². The molecule has 1 rings (SSSR count). The Morgan fingerprint density at radius 3 is 1.52 bits per heavy atom. The summed E-state index contributed by atoms with van der Waals surface area (Å²) in [6.45, 7) is 19.0. The first-order valence-corrected chi connectivity index (χ1v) is 11.5. The molecule has 0 aromatic heterocycles. The summed E-state index contributed by atoms with van der Waals surface area (Å²) in [7, 11) is 6.62. The fourth-order valence-corrected chi connectivity index (χ4v) is 7.54. The predicted octanol–water partition coefficient (Wildman–Crippen LogP) is 7.51. The molecule has 146 valence electrons. The van der Waals surface area contributed by atoms with Gasteiger partial charge < -0.3 is 0 Å². The summed E-state index contributed by atoms with van der Waals surface area (Å²) in [5.74, 6) is 3.43. The molecule has 2 heteroatoms. The summed E-state index contributed by atoms with van der Waals surface area (Å²) in [6.07, 6.45) is 12.3. The van der Waals surface area contributed by atoms with Crippen molar-refractivity contribution in [2.75, 3.05) is 0 Å². The molecule has 0 aliphatic heterocycles. The fourth-order valence-electron chi connectivity index (χ4n) is 5.09. The molecule has 1 aliphatic rings. The minimum absolute atomic E-state index is 0.228. The Morgan fingerprint density at radius 1 is 0.760 bits per heavy atom. The van der Waals surface area contributed by atoms with E-state index in [4.69, 9.17) is 0 Å². The third kappa shape index (κ3) is 6.78. The molecule has 0 bridgehead atoms. The lowest BCUT2D eigenvalue weighted by atomic mass is 9.70. The highest BCUT2D eigenvalue weighted by molar-refractivity contribution is 7.20. The van der Waals surface area contributed by atoms with Gasteiger partial charge in [-0.2, -0.15) is 0 Å². The standard InChI is InChI=1S/C23H44P2/c1-16(2)12-22(24,13-17(3)4)20-10-9-11-21(20)23(25,14-18(5)6)15-19(7)8/h9-11,16-20H,12-15,24-25H2,1-8H3. The van der Waals surface area contributed by atoms with Crippen molar-refractivity contribution in [1.29, 1.82) is 0 Å². The van der Waals surface area contributed by atoms with Crippen LogP contribution in [-0.4, -0.2) is 10.3 Å². The van der Waals surface area contributed by atoms with Gasteiger partial charge >= 0.3 is 0 Å². The zero-order chi connectivity index (χ0) is 19.4. The summed E-state index contributed by atoms with van der Waals surface area (Å²) < 4.78 is 0. The zero-order valence-electron chi connectivity index (χ0n) is 18.1. The minimum atomic E-state index is 0.228. The van der Waals surface area contributed by atoms with Crippen molar-refractivity contribution in [3.05, 3.63) is 23.8 Å². The lowest BCUT2D eigenvalue weighted by Crippen LogP contribution is -2.40. The van der Waals surface area contributed by atoms with Crippen LogP contribution in [-0.2, 0) is 0 Å². The van der Waals surface area contributed by atoms with Crippen molar-refractivity contribution in [1.82, 2.24) is 0 Å². The van der Waals surface area contributed by atoms with Crippen LogP contribution in [0.1, 0.15) is 81.1 Å². The molecule has 0 amide bonds. The van der Waals surface area contributed by atoms with E-state index in [1.807, 2.05) is 0 Å². The molecule has 1 aliphatic carbocycles. The molecular weight excluding hydrogens is 338 g/mol. The van der Waals surface area contributed by atoms with Crippen molar-refractivity contribution < 1.29 is 0 Å². The maximum atomic E-state index is 3.32. The fraction of sp³-hybridized carbons (Fsp3) is 0.826. The summed E-state index contributed by atoms with van der Waals surface area (Å²) >= 11 is 0. The van der Waals surface area contributed by atoms with Gasteiger partial charge in [-0.1, -0.05) is 79.2 Å². The van der Waals surface area contributed by atoms with Crippen LogP contribution in [0.15, 0.2) is 23.8 Å². The maximum absolute atomic E-state index is 3.32. The molecule has 0 aromatic rings. The molecule has 0 nitrogen and oxygen atoms in total. The second kappa shape index (κ2) is 9.51. The van der Waals surface area contributed by atoms with Crippen LogP contribution in [0.4, 0.5) is 0 Å². The number of hydrogen-bond acceptors (Lipinski definition) is 0. The van der Waals surface area contributed by atoms with E-state index in [0.29, 0.717) is 17.8 Å². The van der Waals surface area contributed by atoms with Crippen molar-refractivity contribution in [2.24, 2.45) is 29.6 Å². The minimum Gasteiger partial charge on any atom is -0.130 e. The van der Waals surface area contributed by atoms with Gasteiger partial charge in [0.2, 0.25) is 0 Å². The molecule has 0 radical (unpaired) electrons. The van der Waals surface area contributed by atoms with Crippen LogP contribution < -0.4 is 0 Å². The zero-order valence-corrected chi connectivity index (χ0v) is 20.4. The van der Waals surface area contributed by atoms with Gasteiger partial charge in [-0.3, -0.25) is 0 Å².